The molecule has 0 aliphatic heterocycles. The molecule has 0 N–H and O–H groups in total. The Morgan fingerprint density at radius 2 is 1.64 bits per heavy atom. The lowest BCUT2D eigenvalue weighted by Gasteiger charge is -2.08. The van der Waals surface area contributed by atoms with Gasteiger partial charge in [-0.25, -0.2) is 18.4 Å². The van der Waals surface area contributed by atoms with Crippen molar-refractivity contribution in [1.29, 1.82) is 0 Å². The summed E-state index contributed by atoms with van der Waals surface area (Å²) in [5, 5.41) is 4.83. The van der Waals surface area contributed by atoms with Gasteiger partial charge in [-0.05, 0) is 43.7 Å². The third-order valence-electron chi connectivity index (χ3n) is 3.42. The Balaban J connectivity index is 2.18. The molecule has 3 nitrogen and oxygen atoms in total. The third kappa shape index (κ3) is 2.37. The Labute approximate surface area is 131 Å². The first-order chi connectivity index (χ1) is 10.5. The number of nitrogens with zero attached hydrogens (tertiary/aromatic N) is 3. The number of rotatable bonds is 2. The third-order valence-corrected chi connectivity index (χ3v) is 3.83. The van der Waals surface area contributed by atoms with Crippen molar-refractivity contribution in [3.05, 3.63) is 64.4 Å². The van der Waals surface area contributed by atoms with Gasteiger partial charge < -0.3 is 0 Å². The maximum absolute atomic E-state index is 13.9. The molecule has 0 radical (unpaired) electrons. The summed E-state index contributed by atoms with van der Waals surface area (Å²) in [6, 6.07) is 9.04. The normalized spacial score (nSPS) is 11.0. The topological polar surface area (TPSA) is 30.7 Å². The number of benzene rings is 2. The highest BCUT2D eigenvalue weighted by atomic mass is 35.5. The Morgan fingerprint density at radius 3 is 2.32 bits per heavy atom. The molecule has 1 aromatic heterocycles. The molecule has 0 aliphatic rings. The van der Waals surface area contributed by atoms with Crippen LogP contribution in [0.15, 0.2) is 36.4 Å². The number of hydrogen-bond acceptors (Lipinski definition) is 2. The fourth-order valence-electron chi connectivity index (χ4n) is 2.26. The summed E-state index contributed by atoms with van der Waals surface area (Å²) < 4.78 is 29.3. The van der Waals surface area contributed by atoms with Crippen LogP contribution >= 0.6 is 11.6 Å². The van der Waals surface area contributed by atoms with Crippen LogP contribution in [0.5, 0.6) is 0 Å². The zero-order valence-electron chi connectivity index (χ0n) is 11.9. The van der Waals surface area contributed by atoms with Gasteiger partial charge in [-0.2, -0.15) is 0 Å². The number of halogens is 3. The molecule has 0 atom stereocenters. The van der Waals surface area contributed by atoms with Crippen molar-refractivity contribution in [2.45, 2.75) is 13.8 Å². The monoisotopic (exact) mass is 319 g/mol. The fraction of sp³-hybridized carbons (Fsp3) is 0.125. The summed E-state index contributed by atoms with van der Waals surface area (Å²) in [6.45, 7) is 3.57. The molecule has 3 rings (SSSR count). The summed E-state index contributed by atoms with van der Waals surface area (Å²) in [6.07, 6.45) is 0. The lowest BCUT2D eigenvalue weighted by Crippen LogP contribution is -2.02. The van der Waals surface area contributed by atoms with E-state index in [0.29, 0.717) is 10.8 Å². The van der Waals surface area contributed by atoms with Gasteiger partial charge in [0, 0.05) is 5.02 Å². The van der Waals surface area contributed by atoms with Crippen molar-refractivity contribution in [2.75, 3.05) is 0 Å². The van der Waals surface area contributed by atoms with Gasteiger partial charge in [0.2, 0.25) is 0 Å². The van der Waals surface area contributed by atoms with Crippen molar-refractivity contribution in [3.8, 4) is 17.1 Å². The molecule has 0 saturated carbocycles. The average Bonchev–Trinajstić information content (AvgIpc) is 2.83. The maximum Gasteiger partial charge on any atom is 0.187 e. The van der Waals surface area contributed by atoms with E-state index in [4.69, 9.17) is 11.6 Å². The van der Waals surface area contributed by atoms with Gasteiger partial charge in [0.15, 0.2) is 5.82 Å². The molecule has 6 heteroatoms. The zero-order chi connectivity index (χ0) is 15.9. The highest BCUT2D eigenvalue weighted by molar-refractivity contribution is 6.31. The summed E-state index contributed by atoms with van der Waals surface area (Å²) in [7, 11) is 0. The molecule has 2 aromatic carbocycles. The lowest BCUT2D eigenvalue weighted by atomic mass is 10.2. The van der Waals surface area contributed by atoms with E-state index in [9.17, 15) is 8.78 Å². The molecule has 0 bridgehead atoms. The zero-order valence-corrected chi connectivity index (χ0v) is 12.7. The standard InChI is InChI=1S/C16H12ClF2N3/c1-9-11(17)5-3-8-14(9)22-10(2)20-16(21-22)15-12(18)6-4-7-13(15)19/h3-8H,1-2H3. The maximum atomic E-state index is 13.9. The molecule has 3 aromatic rings. The SMILES string of the molecule is Cc1c(Cl)cccc1-n1nc(-c2c(F)cccc2F)nc1C. The Hall–Kier alpha value is -2.27. The van der Waals surface area contributed by atoms with E-state index in [2.05, 4.69) is 10.1 Å². The van der Waals surface area contributed by atoms with Gasteiger partial charge >= 0.3 is 0 Å². The van der Waals surface area contributed by atoms with Crippen LogP contribution in [0.4, 0.5) is 8.78 Å². The minimum absolute atomic E-state index is 0.00692. The van der Waals surface area contributed by atoms with Gasteiger partial charge in [-0.15, -0.1) is 5.10 Å². The van der Waals surface area contributed by atoms with Crippen molar-refractivity contribution in [2.24, 2.45) is 0 Å². The fourth-order valence-corrected chi connectivity index (χ4v) is 2.43. The van der Waals surface area contributed by atoms with Crippen molar-refractivity contribution < 1.29 is 8.78 Å². The van der Waals surface area contributed by atoms with Crippen LogP contribution < -0.4 is 0 Å². The predicted molar refractivity (Wildman–Crippen MR) is 81.2 cm³/mol. The molecule has 0 saturated heterocycles. The largest absolute Gasteiger partial charge is 0.217 e. The second-order valence-corrected chi connectivity index (χ2v) is 5.28. The summed E-state index contributed by atoms with van der Waals surface area (Å²) in [5.41, 5.74) is 1.31. The van der Waals surface area contributed by atoms with E-state index >= 15 is 0 Å². The quantitative estimate of drug-likeness (QED) is 0.697. The second-order valence-electron chi connectivity index (χ2n) is 4.88. The van der Waals surface area contributed by atoms with E-state index in [-0.39, 0.29) is 11.4 Å². The molecule has 0 unspecified atom stereocenters. The van der Waals surface area contributed by atoms with Crippen LogP contribution in [0.2, 0.25) is 5.02 Å². The van der Waals surface area contributed by atoms with Gasteiger partial charge in [-0.3, -0.25) is 0 Å². The van der Waals surface area contributed by atoms with Gasteiger partial charge in [0.25, 0.3) is 0 Å². The first kappa shape index (κ1) is 14.7. The van der Waals surface area contributed by atoms with Gasteiger partial charge in [0.05, 0.1) is 11.3 Å². The summed E-state index contributed by atoms with van der Waals surface area (Å²) >= 11 is 6.11. The molecule has 0 amide bonds. The van der Waals surface area contributed by atoms with Gasteiger partial charge in [-0.1, -0.05) is 23.7 Å². The predicted octanol–water partition coefficient (Wildman–Crippen LogP) is 4.48. The van der Waals surface area contributed by atoms with Crippen LogP contribution in [-0.4, -0.2) is 14.8 Å². The van der Waals surface area contributed by atoms with E-state index < -0.39 is 11.6 Å². The molecule has 22 heavy (non-hydrogen) atoms. The molecule has 0 aliphatic carbocycles. The van der Waals surface area contributed by atoms with Crippen molar-refractivity contribution in [1.82, 2.24) is 14.8 Å². The van der Waals surface area contributed by atoms with Crippen LogP contribution in [0.3, 0.4) is 0 Å². The Kier molecular flexibility index (Phi) is 3.66. The van der Waals surface area contributed by atoms with Crippen LogP contribution in [0.1, 0.15) is 11.4 Å². The highest BCUT2D eigenvalue weighted by Crippen LogP contribution is 2.26. The minimum Gasteiger partial charge on any atom is -0.217 e. The van der Waals surface area contributed by atoms with Crippen molar-refractivity contribution in [3.63, 3.8) is 0 Å². The molecule has 0 spiro atoms. The number of aryl methyl sites for hydroxylation is 1. The minimum atomic E-state index is -0.694. The van der Waals surface area contributed by atoms with E-state index in [1.165, 1.54) is 22.9 Å². The molecule has 0 fully saturated rings. The van der Waals surface area contributed by atoms with Crippen molar-refractivity contribution >= 4 is 11.6 Å². The first-order valence-corrected chi connectivity index (χ1v) is 7.00. The molecular weight excluding hydrogens is 308 g/mol. The molecule has 112 valence electrons. The van der Waals surface area contributed by atoms with Gasteiger partial charge in [0.1, 0.15) is 17.5 Å². The lowest BCUT2D eigenvalue weighted by molar-refractivity contribution is 0.587. The Morgan fingerprint density at radius 1 is 1.00 bits per heavy atom. The number of aromatic nitrogens is 3. The molecular formula is C16H12ClF2N3. The highest BCUT2D eigenvalue weighted by Gasteiger charge is 2.18. The van der Waals surface area contributed by atoms with Crippen LogP contribution in [-0.2, 0) is 0 Å². The first-order valence-electron chi connectivity index (χ1n) is 6.62. The average molecular weight is 320 g/mol. The number of hydrogen-bond donors (Lipinski definition) is 0. The van der Waals surface area contributed by atoms with E-state index in [0.717, 1.165) is 11.3 Å². The summed E-state index contributed by atoms with van der Waals surface area (Å²) in [5.74, 6) is -0.865. The van der Waals surface area contributed by atoms with Crippen LogP contribution in [0.25, 0.3) is 17.1 Å². The van der Waals surface area contributed by atoms with Crippen LogP contribution in [0, 0.1) is 25.5 Å². The Bertz CT molecular complexity index is 838. The van der Waals surface area contributed by atoms with E-state index in [1.807, 2.05) is 13.0 Å². The molecule has 1 heterocycles. The second kappa shape index (κ2) is 5.50. The smallest absolute Gasteiger partial charge is 0.187 e. The van der Waals surface area contributed by atoms with E-state index in [1.54, 1.807) is 19.1 Å². The summed E-state index contributed by atoms with van der Waals surface area (Å²) in [4.78, 5) is 4.18.